The number of amides is 8. The van der Waals surface area contributed by atoms with Crippen LogP contribution in [0.15, 0.2) is 158 Å². The van der Waals surface area contributed by atoms with Crippen LogP contribution >= 0.6 is 0 Å². The summed E-state index contributed by atoms with van der Waals surface area (Å²) in [5, 5.41) is 27.5. The standard InChI is InChI=1S/C29H36N4O2.C24H31N3O2.C20H29N3O2.C17H23N3O2/c1-30-28(34)17-5-4-8-18-31-29(35)27-19-21-11-6-7-15-25(21)33(27)20-22-12-9-14-24-23(22)13-10-16-26(24)32(2)3;1-18-11-13-19(14-12-18)17-27-21-9-6-5-8-20(21)16-22(27)24(29)26-15-7-3-4-10-23(28)25-2;1-15-16(17-9-7-8-10-18(17)23-15)13-14-22-20(25)12-6-4-3-5-11-19(24)21-2;1-12-13-8-5-6-9-14(13)20-16(12)17(22)19-11-7-3-4-10-15(21)18-2/h6-7,9-16,27H,4-5,8,17-20H2,1-3H3,(H,30,34)(H,31,35);5-6,8-9,11-14,22H,3-4,7,10,15-17H2,1-2H3,(H,25,28)(H,26,29);7-10,23H,3-6,11-14H2,1-2H3,(H,21,24)(H,22,25);5-6,8-9,20H,3-4,7,10-11H2,1-2H3,(H,18,21)(H,19,22). The first-order valence-electron chi connectivity index (χ1n) is 39.8. The van der Waals surface area contributed by atoms with Gasteiger partial charge in [-0.1, -0.05) is 165 Å². The molecule has 8 amide bonds. The number of carbonyl (C=O) groups is 8. The summed E-state index contributed by atoms with van der Waals surface area (Å²) < 4.78 is 0. The van der Waals surface area contributed by atoms with Gasteiger partial charge < -0.3 is 67.2 Å². The number of nitrogens with zero attached hydrogens (tertiary/aromatic N) is 3. The van der Waals surface area contributed by atoms with Gasteiger partial charge >= 0.3 is 0 Å². The second-order valence-electron chi connectivity index (χ2n) is 29.0. The van der Waals surface area contributed by atoms with E-state index in [1.54, 1.807) is 28.2 Å². The Kier molecular flexibility index (Phi) is 34.9. The predicted octanol–water partition coefficient (Wildman–Crippen LogP) is 13.3. The highest BCUT2D eigenvalue weighted by Gasteiger charge is 2.36. The third-order valence-corrected chi connectivity index (χ3v) is 20.8. The van der Waals surface area contributed by atoms with Crippen molar-refractivity contribution in [1.82, 2.24) is 52.5 Å². The minimum absolute atomic E-state index is 0.0673. The van der Waals surface area contributed by atoms with Crippen molar-refractivity contribution >= 4 is 96.9 Å². The normalized spacial score (nSPS) is 13.1. The van der Waals surface area contributed by atoms with Gasteiger partial charge in [0, 0.05) is 176 Å². The lowest BCUT2D eigenvalue weighted by Gasteiger charge is -2.28. The van der Waals surface area contributed by atoms with Crippen LogP contribution in [0.4, 0.5) is 17.1 Å². The molecule has 9 aromatic rings. The van der Waals surface area contributed by atoms with Crippen molar-refractivity contribution in [1.29, 1.82) is 0 Å². The van der Waals surface area contributed by atoms with E-state index < -0.39 is 0 Å². The Bertz CT molecular complexity index is 4510. The second-order valence-corrected chi connectivity index (χ2v) is 29.0. The van der Waals surface area contributed by atoms with Crippen molar-refractivity contribution in [3.05, 3.63) is 208 Å². The zero-order valence-electron chi connectivity index (χ0n) is 66.9. The summed E-state index contributed by atoms with van der Waals surface area (Å²) >= 11 is 0. The maximum Gasteiger partial charge on any atom is 0.268 e. The van der Waals surface area contributed by atoms with Gasteiger partial charge in [-0.05, 0) is 148 Å². The molecule has 10 N–H and O–H groups in total. The number of anilines is 3. The predicted molar refractivity (Wildman–Crippen MR) is 450 cm³/mol. The smallest absolute Gasteiger partial charge is 0.268 e. The largest absolute Gasteiger partial charge is 0.377 e. The molecule has 0 saturated heterocycles. The average Bonchev–Trinajstić information content (AvgIpc) is 1.69. The molecule has 2 aromatic heterocycles. The highest BCUT2D eigenvalue weighted by atomic mass is 16.2. The Hall–Kier alpha value is -11.0. The fourth-order valence-corrected chi connectivity index (χ4v) is 14.4. The third kappa shape index (κ3) is 26.1. The van der Waals surface area contributed by atoms with Crippen LogP contribution in [0, 0.1) is 20.8 Å². The van der Waals surface area contributed by atoms with Crippen molar-refractivity contribution in [3.8, 4) is 0 Å². The van der Waals surface area contributed by atoms with Gasteiger partial charge in [0.15, 0.2) is 0 Å². The highest BCUT2D eigenvalue weighted by Crippen LogP contribution is 2.37. The topological polar surface area (TPSA) is 274 Å². The SMILES string of the molecule is CNC(=O)CCCCCCC(=O)NCCc1c(C)[nH]c2ccccc12.CNC(=O)CCCCCNC(=O)C1Cc2ccccc2N1Cc1ccc(C)cc1.CNC(=O)CCCCCNC(=O)C1Cc2ccccc2N1Cc1cccc2c(N(C)C)cccc12.CNC(=O)CCCCCNC(=O)c1[nH]c2ccccc2c1C. The van der Waals surface area contributed by atoms with E-state index in [1.165, 1.54) is 60.9 Å². The summed E-state index contributed by atoms with van der Waals surface area (Å²) in [7, 11) is 10.8. The van der Waals surface area contributed by atoms with E-state index >= 15 is 0 Å². The Labute approximate surface area is 656 Å². The molecule has 592 valence electrons. The van der Waals surface area contributed by atoms with E-state index in [2.05, 4.69) is 192 Å². The Morgan fingerprint density at radius 2 is 0.838 bits per heavy atom. The third-order valence-electron chi connectivity index (χ3n) is 20.8. The van der Waals surface area contributed by atoms with Crippen molar-refractivity contribution in [2.24, 2.45) is 0 Å². The van der Waals surface area contributed by atoms with Crippen LogP contribution in [0.1, 0.15) is 171 Å². The summed E-state index contributed by atoms with van der Waals surface area (Å²) in [6, 6.07) is 53.8. The number of hydrogen-bond acceptors (Lipinski definition) is 11. The van der Waals surface area contributed by atoms with Crippen LogP contribution in [-0.2, 0) is 65.9 Å². The number of aromatic nitrogens is 2. The molecule has 11 rings (SSSR count). The number of aromatic amines is 2. The van der Waals surface area contributed by atoms with Gasteiger partial charge in [-0.2, -0.15) is 0 Å². The molecule has 2 aliphatic rings. The van der Waals surface area contributed by atoms with Gasteiger partial charge in [0.25, 0.3) is 5.91 Å². The van der Waals surface area contributed by atoms with E-state index in [9.17, 15) is 38.4 Å². The van der Waals surface area contributed by atoms with Crippen molar-refractivity contribution in [3.63, 3.8) is 0 Å². The number of nitrogens with one attached hydrogen (secondary N) is 10. The van der Waals surface area contributed by atoms with E-state index in [0.717, 1.165) is 136 Å². The number of benzene rings is 7. The summed E-state index contributed by atoms with van der Waals surface area (Å²) in [6.45, 7) is 10.1. The Morgan fingerprint density at radius 1 is 0.405 bits per heavy atom. The van der Waals surface area contributed by atoms with Crippen LogP contribution in [-0.4, -0.2) is 138 Å². The first kappa shape index (κ1) is 85.6. The molecule has 21 nitrogen and oxygen atoms in total. The molecule has 111 heavy (non-hydrogen) atoms. The molecule has 0 radical (unpaired) electrons. The first-order valence-corrected chi connectivity index (χ1v) is 39.8. The number of carbonyl (C=O) groups excluding carboxylic acids is 8. The summed E-state index contributed by atoms with van der Waals surface area (Å²) in [4.78, 5) is 108. The van der Waals surface area contributed by atoms with Crippen LogP contribution < -0.4 is 57.2 Å². The van der Waals surface area contributed by atoms with Crippen molar-refractivity contribution < 1.29 is 38.4 Å². The Balaban J connectivity index is 0.000000189. The monoisotopic (exact) mass is 1510 g/mol. The summed E-state index contributed by atoms with van der Waals surface area (Å²) in [5.74, 6) is 0.497. The molecule has 0 spiro atoms. The molecular formula is C90H119N13O8. The molecular weight excluding hydrogens is 1390 g/mol. The molecule has 0 fully saturated rings. The maximum atomic E-state index is 13.3. The number of hydrogen-bond donors (Lipinski definition) is 10. The minimum atomic E-state index is -0.231. The molecule has 2 atom stereocenters. The van der Waals surface area contributed by atoms with Gasteiger partial charge in [-0.3, -0.25) is 38.4 Å². The quantitative estimate of drug-likeness (QED) is 0.0165. The fourth-order valence-electron chi connectivity index (χ4n) is 14.4. The number of aryl methyl sites for hydroxylation is 3. The van der Waals surface area contributed by atoms with Gasteiger partial charge in [-0.25, -0.2) is 0 Å². The zero-order valence-corrected chi connectivity index (χ0v) is 66.9. The number of unbranched alkanes of at least 4 members (excludes halogenated alkanes) is 9. The summed E-state index contributed by atoms with van der Waals surface area (Å²) in [6.07, 6.45) is 16.8. The van der Waals surface area contributed by atoms with Gasteiger partial charge in [0.05, 0.1) is 0 Å². The van der Waals surface area contributed by atoms with E-state index in [-0.39, 0.29) is 59.3 Å². The van der Waals surface area contributed by atoms with Crippen LogP contribution in [0.3, 0.4) is 0 Å². The molecule has 0 bridgehead atoms. The van der Waals surface area contributed by atoms with E-state index in [0.29, 0.717) is 76.9 Å². The second kappa shape index (κ2) is 45.3. The van der Waals surface area contributed by atoms with Crippen LogP contribution in [0.2, 0.25) is 0 Å². The first-order chi connectivity index (χ1) is 53.8. The van der Waals surface area contributed by atoms with Crippen molar-refractivity contribution in [2.45, 2.75) is 181 Å². The number of rotatable bonds is 36. The van der Waals surface area contributed by atoms with Gasteiger partial charge in [0.1, 0.15) is 17.8 Å². The molecule has 7 aromatic carbocycles. The molecule has 2 unspecified atom stereocenters. The fraction of sp³-hybridized carbons (Fsp3) is 0.422. The number of fused-ring (bicyclic) bond motifs is 5. The van der Waals surface area contributed by atoms with Crippen LogP contribution in [0.25, 0.3) is 32.6 Å². The minimum Gasteiger partial charge on any atom is -0.377 e. The Morgan fingerprint density at radius 3 is 1.35 bits per heavy atom. The molecule has 0 aliphatic carbocycles. The average molecular weight is 1510 g/mol. The molecule has 4 heterocycles. The molecule has 0 saturated carbocycles. The van der Waals surface area contributed by atoms with Crippen molar-refractivity contribution in [2.75, 3.05) is 83.2 Å². The zero-order chi connectivity index (χ0) is 79.4. The lowest BCUT2D eigenvalue weighted by molar-refractivity contribution is -0.123. The number of H-pyrrole nitrogens is 2. The number of para-hydroxylation sites is 4. The summed E-state index contributed by atoms with van der Waals surface area (Å²) in [5.41, 5.74) is 15.8. The van der Waals surface area contributed by atoms with E-state index in [1.807, 2.05) is 67.6 Å². The lowest BCUT2D eigenvalue weighted by Crippen LogP contribution is -2.45. The molecule has 21 heteroatoms. The molecule has 2 aliphatic heterocycles. The lowest BCUT2D eigenvalue weighted by atomic mass is 10.0. The van der Waals surface area contributed by atoms with Gasteiger partial charge in [0.2, 0.25) is 41.4 Å². The van der Waals surface area contributed by atoms with E-state index in [4.69, 9.17) is 0 Å². The highest BCUT2D eigenvalue weighted by molar-refractivity contribution is 6.01. The van der Waals surface area contributed by atoms with Gasteiger partial charge in [-0.15, -0.1) is 0 Å². The maximum absolute atomic E-state index is 13.3. The van der Waals surface area contributed by atoms with Crippen LogP contribution in [0.5, 0.6) is 0 Å².